The van der Waals surface area contributed by atoms with Gasteiger partial charge >= 0.3 is 0 Å². The van der Waals surface area contributed by atoms with E-state index >= 15 is 0 Å². The van der Waals surface area contributed by atoms with Crippen LogP contribution in [-0.4, -0.2) is 48.3 Å². The van der Waals surface area contributed by atoms with Crippen molar-refractivity contribution in [2.45, 2.75) is 50.5 Å². The van der Waals surface area contributed by atoms with Crippen molar-refractivity contribution in [1.29, 1.82) is 0 Å². The molecule has 1 amide bonds. The number of ether oxygens (including phenoxy) is 1. The summed E-state index contributed by atoms with van der Waals surface area (Å²) in [5.41, 5.74) is -0.717. The summed E-state index contributed by atoms with van der Waals surface area (Å²) >= 11 is 0. The van der Waals surface area contributed by atoms with Gasteiger partial charge in [0.25, 0.3) is 0 Å². The SMILES string of the molecule is COCC1CCCN(C(=O)CC2(O)CCCC2)C1. The molecule has 104 valence electrons. The fraction of sp³-hybridized carbons (Fsp3) is 0.929. The van der Waals surface area contributed by atoms with Crippen molar-refractivity contribution in [3.05, 3.63) is 0 Å². The Morgan fingerprint density at radius 1 is 1.39 bits per heavy atom. The van der Waals surface area contributed by atoms with Crippen molar-refractivity contribution in [3.63, 3.8) is 0 Å². The Balaban J connectivity index is 1.84. The molecule has 4 heteroatoms. The summed E-state index contributed by atoms with van der Waals surface area (Å²) in [6.45, 7) is 2.37. The normalized spacial score (nSPS) is 27.4. The van der Waals surface area contributed by atoms with Crippen LogP contribution in [0.15, 0.2) is 0 Å². The first kappa shape index (κ1) is 13.8. The minimum absolute atomic E-state index is 0.125. The number of likely N-dealkylation sites (tertiary alicyclic amines) is 1. The molecule has 0 bridgehead atoms. The lowest BCUT2D eigenvalue weighted by molar-refractivity contribution is -0.138. The van der Waals surface area contributed by atoms with E-state index in [0.29, 0.717) is 12.3 Å². The maximum absolute atomic E-state index is 12.2. The molecule has 0 aromatic heterocycles. The molecule has 0 radical (unpaired) electrons. The van der Waals surface area contributed by atoms with Crippen molar-refractivity contribution in [1.82, 2.24) is 4.90 Å². The van der Waals surface area contributed by atoms with E-state index in [-0.39, 0.29) is 5.91 Å². The van der Waals surface area contributed by atoms with Crippen molar-refractivity contribution in [2.75, 3.05) is 26.8 Å². The number of methoxy groups -OCH3 is 1. The minimum Gasteiger partial charge on any atom is -0.389 e. The minimum atomic E-state index is -0.717. The number of hydrogen-bond donors (Lipinski definition) is 1. The van der Waals surface area contributed by atoms with Crippen LogP contribution in [0.4, 0.5) is 0 Å². The van der Waals surface area contributed by atoms with E-state index < -0.39 is 5.60 Å². The molecule has 1 aliphatic heterocycles. The number of carbonyl (C=O) groups excluding carboxylic acids is 1. The quantitative estimate of drug-likeness (QED) is 0.829. The Morgan fingerprint density at radius 2 is 2.11 bits per heavy atom. The van der Waals surface area contributed by atoms with E-state index in [1.165, 1.54) is 0 Å². The Bertz CT molecular complexity index is 285. The number of nitrogens with zero attached hydrogens (tertiary/aromatic N) is 1. The highest BCUT2D eigenvalue weighted by atomic mass is 16.5. The van der Waals surface area contributed by atoms with E-state index in [9.17, 15) is 9.90 Å². The number of amides is 1. The third-order valence-electron chi connectivity index (χ3n) is 4.29. The van der Waals surface area contributed by atoms with Crippen molar-refractivity contribution >= 4 is 5.91 Å². The van der Waals surface area contributed by atoms with E-state index in [2.05, 4.69) is 0 Å². The van der Waals surface area contributed by atoms with Gasteiger partial charge in [0.05, 0.1) is 18.6 Å². The van der Waals surface area contributed by atoms with Gasteiger partial charge in [0.15, 0.2) is 0 Å². The average molecular weight is 255 g/mol. The van der Waals surface area contributed by atoms with Crippen LogP contribution in [0.3, 0.4) is 0 Å². The Kier molecular flexibility index (Phi) is 4.62. The van der Waals surface area contributed by atoms with Crippen molar-refractivity contribution in [2.24, 2.45) is 5.92 Å². The molecule has 18 heavy (non-hydrogen) atoms. The number of hydrogen-bond acceptors (Lipinski definition) is 3. The molecule has 1 saturated carbocycles. The Labute approximate surface area is 109 Å². The molecule has 1 aliphatic carbocycles. The molecule has 1 heterocycles. The van der Waals surface area contributed by atoms with Crippen LogP contribution in [0, 0.1) is 5.92 Å². The van der Waals surface area contributed by atoms with Crippen LogP contribution in [-0.2, 0) is 9.53 Å². The van der Waals surface area contributed by atoms with Gasteiger partial charge < -0.3 is 14.7 Å². The van der Waals surface area contributed by atoms with Crippen molar-refractivity contribution < 1.29 is 14.6 Å². The topological polar surface area (TPSA) is 49.8 Å². The highest BCUT2D eigenvalue weighted by Gasteiger charge is 2.35. The van der Waals surface area contributed by atoms with E-state index in [4.69, 9.17) is 4.74 Å². The van der Waals surface area contributed by atoms with Crippen LogP contribution >= 0.6 is 0 Å². The molecule has 4 nitrogen and oxygen atoms in total. The van der Waals surface area contributed by atoms with Crippen LogP contribution in [0.5, 0.6) is 0 Å². The number of carbonyl (C=O) groups is 1. The first-order valence-corrected chi connectivity index (χ1v) is 7.12. The molecular formula is C14H25NO3. The van der Waals surface area contributed by atoms with Crippen LogP contribution in [0.1, 0.15) is 44.9 Å². The van der Waals surface area contributed by atoms with Gasteiger partial charge in [0.1, 0.15) is 0 Å². The number of rotatable bonds is 4. The van der Waals surface area contributed by atoms with Crippen LogP contribution in [0.2, 0.25) is 0 Å². The molecule has 2 aliphatic rings. The van der Waals surface area contributed by atoms with E-state index in [0.717, 1.165) is 58.2 Å². The maximum Gasteiger partial charge on any atom is 0.225 e. The predicted molar refractivity (Wildman–Crippen MR) is 69.2 cm³/mol. The predicted octanol–water partition coefficient (Wildman–Crippen LogP) is 1.57. The number of aliphatic hydroxyl groups is 1. The van der Waals surface area contributed by atoms with E-state index in [1.54, 1.807) is 7.11 Å². The first-order chi connectivity index (χ1) is 8.63. The van der Waals surface area contributed by atoms with Gasteiger partial charge in [-0.25, -0.2) is 0 Å². The van der Waals surface area contributed by atoms with Gasteiger partial charge in [0.2, 0.25) is 5.91 Å². The summed E-state index contributed by atoms with van der Waals surface area (Å²) in [7, 11) is 1.71. The second-order valence-corrected chi connectivity index (χ2v) is 5.91. The van der Waals surface area contributed by atoms with Gasteiger partial charge in [-0.15, -0.1) is 0 Å². The fourth-order valence-electron chi connectivity index (χ4n) is 3.27. The molecule has 1 unspecified atom stereocenters. The fourth-order valence-corrected chi connectivity index (χ4v) is 3.27. The maximum atomic E-state index is 12.2. The summed E-state index contributed by atoms with van der Waals surface area (Å²) in [5.74, 6) is 0.589. The summed E-state index contributed by atoms with van der Waals surface area (Å²) in [4.78, 5) is 14.2. The average Bonchev–Trinajstić information content (AvgIpc) is 2.76. The highest BCUT2D eigenvalue weighted by Crippen LogP contribution is 2.33. The molecule has 2 fully saturated rings. The third kappa shape index (κ3) is 3.45. The Morgan fingerprint density at radius 3 is 2.78 bits per heavy atom. The smallest absolute Gasteiger partial charge is 0.225 e. The zero-order valence-electron chi connectivity index (χ0n) is 11.4. The zero-order chi connectivity index (χ0) is 13.0. The lowest BCUT2D eigenvalue weighted by Gasteiger charge is -2.34. The standard InChI is InChI=1S/C14H25NO3/c1-18-11-12-5-4-8-15(10-12)13(16)9-14(17)6-2-3-7-14/h12,17H,2-11H2,1H3. The lowest BCUT2D eigenvalue weighted by Crippen LogP contribution is -2.44. The highest BCUT2D eigenvalue weighted by molar-refractivity contribution is 5.77. The monoisotopic (exact) mass is 255 g/mol. The molecule has 0 aromatic rings. The summed E-state index contributed by atoms with van der Waals surface area (Å²) in [6, 6.07) is 0. The van der Waals surface area contributed by atoms with E-state index in [1.807, 2.05) is 4.90 Å². The molecule has 1 N–H and O–H groups in total. The van der Waals surface area contributed by atoms with Gasteiger partial charge in [-0.3, -0.25) is 4.79 Å². The van der Waals surface area contributed by atoms with Crippen LogP contribution in [0.25, 0.3) is 0 Å². The zero-order valence-corrected chi connectivity index (χ0v) is 11.4. The second-order valence-electron chi connectivity index (χ2n) is 5.91. The molecule has 2 rings (SSSR count). The molecular weight excluding hydrogens is 230 g/mol. The summed E-state index contributed by atoms with van der Waals surface area (Å²) in [5, 5.41) is 10.3. The van der Waals surface area contributed by atoms with Crippen molar-refractivity contribution in [3.8, 4) is 0 Å². The second kappa shape index (κ2) is 6.02. The van der Waals surface area contributed by atoms with Crippen LogP contribution < -0.4 is 0 Å². The number of piperidine rings is 1. The molecule has 0 aromatic carbocycles. The molecule has 1 saturated heterocycles. The summed E-state index contributed by atoms with van der Waals surface area (Å²) in [6.07, 6.45) is 6.18. The molecule has 0 spiro atoms. The largest absolute Gasteiger partial charge is 0.389 e. The van der Waals surface area contributed by atoms with Gasteiger partial charge in [-0.05, 0) is 31.6 Å². The lowest BCUT2D eigenvalue weighted by atomic mass is 9.94. The van der Waals surface area contributed by atoms with Gasteiger partial charge in [-0.2, -0.15) is 0 Å². The summed E-state index contributed by atoms with van der Waals surface area (Å²) < 4.78 is 5.18. The van der Waals surface area contributed by atoms with Gasteiger partial charge in [-0.1, -0.05) is 12.8 Å². The third-order valence-corrected chi connectivity index (χ3v) is 4.29. The van der Waals surface area contributed by atoms with Gasteiger partial charge in [0, 0.05) is 20.2 Å². The molecule has 1 atom stereocenters. The first-order valence-electron chi connectivity index (χ1n) is 7.12. The Hall–Kier alpha value is -0.610.